The highest BCUT2D eigenvalue weighted by molar-refractivity contribution is 6.21. The van der Waals surface area contributed by atoms with Gasteiger partial charge in [0.1, 0.15) is 22.3 Å². The highest BCUT2D eigenvalue weighted by atomic mass is 16.3. The SMILES string of the molecule is c1ccc(-c2cccc(-c3cccc4c3oc3c5ccccc5c(N(c5ccccc5)c5ccc(-c6cccc7c6oc6ccccc67)cc5)cc43)c2)cc1. The Morgan fingerprint density at radius 1 is 0.291 bits per heavy atom. The second kappa shape index (κ2) is 12.6. The molecule has 2 heterocycles. The van der Waals surface area contributed by atoms with Gasteiger partial charge in [0.2, 0.25) is 0 Å². The topological polar surface area (TPSA) is 29.5 Å². The van der Waals surface area contributed by atoms with Crippen LogP contribution in [0.3, 0.4) is 0 Å². The van der Waals surface area contributed by atoms with Crippen molar-refractivity contribution in [3.05, 3.63) is 200 Å². The fourth-order valence-corrected chi connectivity index (χ4v) is 8.28. The molecule has 0 fully saturated rings. The van der Waals surface area contributed by atoms with Crippen molar-refractivity contribution in [2.45, 2.75) is 0 Å². The number of anilines is 3. The number of benzene rings is 9. The van der Waals surface area contributed by atoms with Crippen LogP contribution in [0.5, 0.6) is 0 Å². The van der Waals surface area contributed by atoms with Gasteiger partial charge in [0.05, 0.1) is 5.69 Å². The number of nitrogens with zero attached hydrogens (tertiary/aromatic N) is 1. The van der Waals surface area contributed by atoms with E-state index in [2.05, 4.69) is 193 Å². The summed E-state index contributed by atoms with van der Waals surface area (Å²) in [5.41, 5.74) is 13.6. The second-order valence-electron chi connectivity index (χ2n) is 14.0. The van der Waals surface area contributed by atoms with E-state index in [1.807, 2.05) is 12.1 Å². The first-order valence-corrected chi connectivity index (χ1v) is 18.7. The molecule has 258 valence electrons. The minimum atomic E-state index is 0.889. The van der Waals surface area contributed by atoms with Crippen LogP contribution in [0.4, 0.5) is 17.1 Å². The lowest BCUT2D eigenvalue weighted by molar-refractivity contribution is 0.670. The van der Waals surface area contributed by atoms with E-state index in [0.29, 0.717) is 0 Å². The van der Waals surface area contributed by atoms with E-state index in [-0.39, 0.29) is 0 Å². The number of furan rings is 2. The number of hydrogen-bond donors (Lipinski definition) is 0. The molecule has 55 heavy (non-hydrogen) atoms. The van der Waals surface area contributed by atoms with E-state index in [1.165, 1.54) is 11.1 Å². The summed E-state index contributed by atoms with van der Waals surface area (Å²) in [5.74, 6) is 0. The Balaban J connectivity index is 1.09. The first-order valence-electron chi connectivity index (χ1n) is 18.7. The van der Waals surface area contributed by atoms with Crippen molar-refractivity contribution in [1.29, 1.82) is 0 Å². The molecule has 0 spiro atoms. The first-order chi connectivity index (χ1) is 27.3. The lowest BCUT2D eigenvalue weighted by Crippen LogP contribution is -2.10. The van der Waals surface area contributed by atoms with Gasteiger partial charge in [0.25, 0.3) is 0 Å². The minimum Gasteiger partial charge on any atom is -0.455 e. The van der Waals surface area contributed by atoms with Gasteiger partial charge in [-0.1, -0.05) is 158 Å². The van der Waals surface area contributed by atoms with Gasteiger partial charge in [-0.25, -0.2) is 0 Å². The normalized spacial score (nSPS) is 11.6. The lowest BCUT2D eigenvalue weighted by Gasteiger charge is -2.27. The molecule has 0 unspecified atom stereocenters. The Bertz CT molecular complexity index is 3190. The van der Waals surface area contributed by atoms with Crippen molar-refractivity contribution in [3.8, 4) is 33.4 Å². The van der Waals surface area contributed by atoms with E-state index in [9.17, 15) is 0 Å². The van der Waals surface area contributed by atoms with Crippen LogP contribution in [0.1, 0.15) is 0 Å². The van der Waals surface area contributed by atoms with E-state index >= 15 is 0 Å². The molecule has 11 aromatic rings. The van der Waals surface area contributed by atoms with E-state index in [4.69, 9.17) is 8.83 Å². The molecule has 2 aromatic heterocycles. The molecule has 0 saturated heterocycles. The third-order valence-electron chi connectivity index (χ3n) is 10.9. The van der Waals surface area contributed by atoms with Crippen LogP contribution in [-0.2, 0) is 0 Å². The molecule has 0 radical (unpaired) electrons. The summed E-state index contributed by atoms with van der Waals surface area (Å²) in [5, 5.41) is 6.62. The Labute approximate surface area is 317 Å². The Kier molecular flexibility index (Phi) is 7.17. The lowest BCUT2D eigenvalue weighted by atomic mass is 9.97. The van der Waals surface area contributed by atoms with Gasteiger partial charge in [-0.3, -0.25) is 0 Å². The number of para-hydroxylation sites is 4. The summed E-state index contributed by atoms with van der Waals surface area (Å²) < 4.78 is 13.4. The van der Waals surface area contributed by atoms with E-state index in [0.717, 1.165) is 94.0 Å². The molecule has 3 heteroatoms. The molecule has 9 aromatic carbocycles. The third-order valence-corrected chi connectivity index (χ3v) is 10.9. The fourth-order valence-electron chi connectivity index (χ4n) is 8.28. The largest absolute Gasteiger partial charge is 0.455 e. The Morgan fingerprint density at radius 2 is 0.818 bits per heavy atom. The summed E-state index contributed by atoms with van der Waals surface area (Å²) in [6.07, 6.45) is 0. The zero-order chi connectivity index (χ0) is 36.3. The molecular weight excluding hydrogens is 671 g/mol. The van der Waals surface area contributed by atoms with Gasteiger partial charge in [-0.05, 0) is 64.7 Å². The molecule has 0 atom stereocenters. The number of fused-ring (bicyclic) bond motifs is 8. The summed E-state index contributed by atoms with van der Waals surface area (Å²) in [4.78, 5) is 2.36. The highest BCUT2D eigenvalue weighted by Crippen LogP contribution is 2.46. The molecule has 0 N–H and O–H groups in total. The molecule has 0 saturated carbocycles. The highest BCUT2D eigenvalue weighted by Gasteiger charge is 2.22. The van der Waals surface area contributed by atoms with E-state index in [1.54, 1.807) is 0 Å². The van der Waals surface area contributed by atoms with Crippen molar-refractivity contribution < 1.29 is 8.83 Å². The van der Waals surface area contributed by atoms with E-state index < -0.39 is 0 Å². The van der Waals surface area contributed by atoms with Crippen molar-refractivity contribution in [3.63, 3.8) is 0 Å². The van der Waals surface area contributed by atoms with Crippen LogP contribution in [-0.4, -0.2) is 0 Å². The van der Waals surface area contributed by atoms with Crippen LogP contribution in [0, 0.1) is 0 Å². The van der Waals surface area contributed by atoms with Gasteiger partial charge in [-0.2, -0.15) is 0 Å². The van der Waals surface area contributed by atoms with Crippen LogP contribution >= 0.6 is 0 Å². The predicted molar refractivity (Wildman–Crippen MR) is 229 cm³/mol. The molecule has 0 amide bonds. The summed E-state index contributed by atoms with van der Waals surface area (Å²) in [6, 6.07) is 70.8. The van der Waals surface area contributed by atoms with Crippen LogP contribution in [0.2, 0.25) is 0 Å². The predicted octanol–water partition coefficient (Wildman–Crippen LogP) is 15.1. The monoisotopic (exact) mass is 703 g/mol. The Morgan fingerprint density at radius 3 is 1.60 bits per heavy atom. The molecule has 0 aliphatic rings. The van der Waals surface area contributed by atoms with Crippen molar-refractivity contribution in [2.75, 3.05) is 4.90 Å². The minimum absolute atomic E-state index is 0.889. The van der Waals surface area contributed by atoms with Gasteiger partial charge in [0.15, 0.2) is 0 Å². The maximum atomic E-state index is 6.94. The quantitative estimate of drug-likeness (QED) is 0.173. The summed E-state index contributed by atoms with van der Waals surface area (Å²) >= 11 is 0. The smallest absolute Gasteiger partial charge is 0.143 e. The summed E-state index contributed by atoms with van der Waals surface area (Å²) in [6.45, 7) is 0. The molecule has 3 nitrogen and oxygen atoms in total. The molecule has 0 aliphatic heterocycles. The molecule has 0 aliphatic carbocycles. The third kappa shape index (κ3) is 5.13. The molecular formula is C52H33NO2. The van der Waals surface area contributed by atoms with Crippen LogP contribution in [0.15, 0.2) is 209 Å². The van der Waals surface area contributed by atoms with Gasteiger partial charge < -0.3 is 13.7 Å². The first kappa shape index (κ1) is 31.2. The number of rotatable bonds is 6. The average Bonchev–Trinajstić information content (AvgIpc) is 3.84. The van der Waals surface area contributed by atoms with Gasteiger partial charge in [-0.15, -0.1) is 0 Å². The zero-order valence-electron chi connectivity index (χ0n) is 29.8. The van der Waals surface area contributed by atoms with Crippen molar-refractivity contribution >= 4 is 71.7 Å². The maximum Gasteiger partial charge on any atom is 0.143 e. The van der Waals surface area contributed by atoms with Gasteiger partial charge in [0, 0.05) is 54.8 Å². The standard InChI is InChI=1S/C52H33NO2/c1-3-14-34(15-4-1)36-16-11-17-37(32-36)41-24-13-26-46-47-33-48(42-20-7-8-22-44(42)52(47)55-51(41)46)53(38-18-5-2-6-19-38)39-30-28-35(29-31-39)40-23-12-25-45-43-21-9-10-27-49(43)54-50(40)45/h1-33H. The van der Waals surface area contributed by atoms with Crippen LogP contribution in [0.25, 0.3) is 88.0 Å². The Hall–Kier alpha value is -7.36. The zero-order valence-corrected chi connectivity index (χ0v) is 29.8. The number of hydrogen-bond acceptors (Lipinski definition) is 3. The summed E-state index contributed by atoms with van der Waals surface area (Å²) in [7, 11) is 0. The van der Waals surface area contributed by atoms with Crippen molar-refractivity contribution in [2.24, 2.45) is 0 Å². The molecule has 11 rings (SSSR count). The van der Waals surface area contributed by atoms with Crippen LogP contribution < -0.4 is 4.90 Å². The average molecular weight is 704 g/mol. The molecule has 0 bridgehead atoms. The fraction of sp³-hybridized carbons (Fsp3) is 0. The second-order valence-corrected chi connectivity index (χ2v) is 14.0. The maximum absolute atomic E-state index is 6.94. The van der Waals surface area contributed by atoms with Gasteiger partial charge >= 0.3 is 0 Å². The van der Waals surface area contributed by atoms with Crippen molar-refractivity contribution in [1.82, 2.24) is 0 Å².